The highest BCUT2D eigenvalue weighted by Gasteiger charge is 2.32. The van der Waals surface area contributed by atoms with Gasteiger partial charge in [0.05, 0.1) is 0 Å². The predicted octanol–water partition coefficient (Wildman–Crippen LogP) is 3.17. The van der Waals surface area contributed by atoms with Crippen molar-refractivity contribution >= 4 is 11.7 Å². The van der Waals surface area contributed by atoms with Crippen molar-refractivity contribution in [1.82, 2.24) is 4.90 Å². The van der Waals surface area contributed by atoms with E-state index in [1.807, 2.05) is 11.9 Å². The van der Waals surface area contributed by atoms with Gasteiger partial charge in [-0.2, -0.15) is 0 Å². The monoisotopic (exact) mass is 265 g/mol. The van der Waals surface area contributed by atoms with Gasteiger partial charge >= 0.3 is 0 Å². The Labute approximate surface area is 116 Å². The maximum absolute atomic E-state index is 12.5. The molecule has 0 unspecified atom stereocenters. The van der Waals surface area contributed by atoms with Crippen molar-refractivity contribution in [2.45, 2.75) is 70.8 Å². The Morgan fingerprint density at radius 2 is 1.37 bits per heavy atom. The second kappa shape index (κ2) is 6.53. The van der Waals surface area contributed by atoms with E-state index in [0.717, 1.165) is 25.7 Å². The first-order valence-corrected chi connectivity index (χ1v) is 7.86. The van der Waals surface area contributed by atoms with Crippen LogP contribution in [-0.4, -0.2) is 29.7 Å². The third-order valence-corrected chi connectivity index (χ3v) is 5.12. The Morgan fingerprint density at radius 1 is 0.842 bits per heavy atom. The van der Waals surface area contributed by atoms with Crippen LogP contribution in [0.1, 0.15) is 64.7 Å². The average Bonchev–Trinajstić information content (AvgIpc) is 2.46. The number of carbonyl (C=O) groups is 2. The summed E-state index contributed by atoms with van der Waals surface area (Å²) in [4.78, 5) is 25.9. The molecule has 2 fully saturated rings. The molecule has 2 aliphatic carbocycles. The highest BCUT2D eigenvalue weighted by molar-refractivity contribution is 5.81. The van der Waals surface area contributed by atoms with Crippen LogP contribution in [0.2, 0.25) is 0 Å². The summed E-state index contributed by atoms with van der Waals surface area (Å²) in [5.41, 5.74) is 0. The molecular weight excluding hydrogens is 238 g/mol. The minimum atomic E-state index is 0.169. The van der Waals surface area contributed by atoms with Crippen molar-refractivity contribution in [3.05, 3.63) is 0 Å². The van der Waals surface area contributed by atoms with Crippen molar-refractivity contribution in [3.8, 4) is 0 Å². The van der Waals surface area contributed by atoms with Gasteiger partial charge in [-0.05, 0) is 45.4 Å². The molecule has 108 valence electrons. The molecule has 0 N–H and O–H groups in total. The van der Waals surface area contributed by atoms with E-state index in [1.165, 1.54) is 32.1 Å². The minimum Gasteiger partial charge on any atom is -0.343 e. The maximum atomic E-state index is 12.5. The summed E-state index contributed by atoms with van der Waals surface area (Å²) in [5.74, 6) is 1.01. The summed E-state index contributed by atoms with van der Waals surface area (Å²) in [7, 11) is 1.98. The average molecular weight is 265 g/mol. The summed E-state index contributed by atoms with van der Waals surface area (Å²) < 4.78 is 0. The Balaban J connectivity index is 1.84. The van der Waals surface area contributed by atoms with E-state index >= 15 is 0 Å². The lowest BCUT2D eigenvalue weighted by Crippen LogP contribution is -2.42. The van der Waals surface area contributed by atoms with E-state index in [0.29, 0.717) is 17.7 Å². The molecule has 0 bridgehead atoms. The third kappa shape index (κ3) is 3.58. The normalized spacial score (nSPS) is 28.9. The minimum absolute atomic E-state index is 0.169. The van der Waals surface area contributed by atoms with E-state index in [1.54, 1.807) is 6.92 Å². The van der Waals surface area contributed by atoms with Crippen molar-refractivity contribution in [1.29, 1.82) is 0 Å². The van der Waals surface area contributed by atoms with Crippen LogP contribution >= 0.6 is 0 Å². The standard InChI is InChI=1S/C16H27NO2/c1-12(18)13-8-10-14(11-9-13)16(19)17(2)15-6-4-3-5-7-15/h13-15H,3-11H2,1-2H3. The van der Waals surface area contributed by atoms with Crippen molar-refractivity contribution in [2.24, 2.45) is 11.8 Å². The van der Waals surface area contributed by atoms with E-state index < -0.39 is 0 Å². The highest BCUT2D eigenvalue weighted by Crippen LogP contribution is 2.32. The van der Waals surface area contributed by atoms with Crippen LogP contribution in [-0.2, 0) is 9.59 Å². The molecule has 3 heteroatoms. The Bertz CT molecular complexity index is 326. The number of rotatable bonds is 3. The van der Waals surface area contributed by atoms with Crippen LogP contribution in [0.15, 0.2) is 0 Å². The molecule has 0 saturated heterocycles. The third-order valence-electron chi connectivity index (χ3n) is 5.12. The molecule has 0 heterocycles. The van der Waals surface area contributed by atoms with Gasteiger partial charge in [0.15, 0.2) is 0 Å². The fraction of sp³-hybridized carbons (Fsp3) is 0.875. The lowest BCUT2D eigenvalue weighted by atomic mass is 9.79. The molecule has 0 spiro atoms. The molecule has 0 aromatic carbocycles. The Hall–Kier alpha value is -0.860. The summed E-state index contributed by atoms with van der Waals surface area (Å²) in [5, 5.41) is 0. The van der Waals surface area contributed by atoms with E-state index in [4.69, 9.17) is 0 Å². The van der Waals surface area contributed by atoms with Gasteiger partial charge in [0.25, 0.3) is 0 Å². The highest BCUT2D eigenvalue weighted by atomic mass is 16.2. The molecule has 0 radical (unpaired) electrons. The summed E-state index contributed by atoms with van der Waals surface area (Å²) in [6.07, 6.45) is 9.81. The predicted molar refractivity (Wildman–Crippen MR) is 75.8 cm³/mol. The molecule has 0 atom stereocenters. The molecule has 2 saturated carbocycles. The van der Waals surface area contributed by atoms with Crippen LogP contribution in [0, 0.1) is 11.8 Å². The van der Waals surface area contributed by atoms with Crippen molar-refractivity contribution in [3.63, 3.8) is 0 Å². The van der Waals surface area contributed by atoms with Crippen LogP contribution in [0.25, 0.3) is 0 Å². The number of carbonyl (C=O) groups excluding carboxylic acids is 2. The van der Waals surface area contributed by atoms with E-state index in [-0.39, 0.29) is 11.8 Å². The van der Waals surface area contributed by atoms with Gasteiger partial charge < -0.3 is 4.90 Å². The molecule has 1 amide bonds. The van der Waals surface area contributed by atoms with Gasteiger partial charge in [0.1, 0.15) is 5.78 Å². The SMILES string of the molecule is CC(=O)C1CCC(C(=O)N(C)C2CCCCC2)CC1. The first kappa shape index (κ1) is 14.5. The number of Topliss-reactive ketones (excluding diaryl/α,β-unsaturated/α-hetero) is 1. The quantitative estimate of drug-likeness (QED) is 0.786. The van der Waals surface area contributed by atoms with Gasteiger partial charge in [-0.25, -0.2) is 0 Å². The maximum Gasteiger partial charge on any atom is 0.225 e. The first-order chi connectivity index (χ1) is 9.09. The lowest BCUT2D eigenvalue weighted by Gasteiger charge is -2.35. The second-order valence-electron chi connectivity index (χ2n) is 6.40. The number of hydrogen-bond donors (Lipinski definition) is 0. The van der Waals surface area contributed by atoms with Crippen LogP contribution in [0.3, 0.4) is 0 Å². The van der Waals surface area contributed by atoms with Gasteiger partial charge in [-0.1, -0.05) is 19.3 Å². The van der Waals surface area contributed by atoms with Gasteiger partial charge in [-0.15, -0.1) is 0 Å². The van der Waals surface area contributed by atoms with Crippen LogP contribution in [0.4, 0.5) is 0 Å². The zero-order chi connectivity index (χ0) is 13.8. The van der Waals surface area contributed by atoms with Gasteiger partial charge in [0.2, 0.25) is 5.91 Å². The first-order valence-electron chi connectivity index (χ1n) is 7.86. The molecule has 2 aliphatic rings. The zero-order valence-corrected chi connectivity index (χ0v) is 12.4. The summed E-state index contributed by atoms with van der Waals surface area (Å²) >= 11 is 0. The fourth-order valence-electron chi connectivity index (χ4n) is 3.68. The molecule has 0 aromatic heterocycles. The lowest BCUT2D eigenvalue weighted by molar-refractivity contribution is -0.139. The van der Waals surface area contributed by atoms with Crippen molar-refractivity contribution < 1.29 is 9.59 Å². The van der Waals surface area contributed by atoms with E-state index in [9.17, 15) is 9.59 Å². The molecule has 0 aromatic rings. The smallest absolute Gasteiger partial charge is 0.225 e. The number of amides is 1. The number of nitrogens with zero attached hydrogens (tertiary/aromatic N) is 1. The fourth-order valence-corrected chi connectivity index (χ4v) is 3.68. The van der Waals surface area contributed by atoms with E-state index in [2.05, 4.69) is 0 Å². The Morgan fingerprint density at radius 3 is 1.89 bits per heavy atom. The molecular formula is C16H27NO2. The summed E-state index contributed by atoms with van der Waals surface area (Å²) in [6.45, 7) is 1.68. The second-order valence-corrected chi connectivity index (χ2v) is 6.40. The molecule has 2 rings (SSSR count). The molecule has 19 heavy (non-hydrogen) atoms. The van der Waals surface area contributed by atoms with Crippen molar-refractivity contribution in [2.75, 3.05) is 7.05 Å². The van der Waals surface area contributed by atoms with Crippen LogP contribution < -0.4 is 0 Å². The van der Waals surface area contributed by atoms with Gasteiger partial charge in [-0.3, -0.25) is 9.59 Å². The number of ketones is 1. The molecule has 0 aliphatic heterocycles. The van der Waals surface area contributed by atoms with Gasteiger partial charge in [0, 0.05) is 24.9 Å². The molecule has 3 nitrogen and oxygen atoms in total. The largest absolute Gasteiger partial charge is 0.343 e. The topological polar surface area (TPSA) is 37.4 Å². The number of hydrogen-bond acceptors (Lipinski definition) is 2. The Kier molecular flexibility index (Phi) is 5.00. The zero-order valence-electron chi connectivity index (χ0n) is 12.4. The van der Waals surface area contributed by atoms with Crippen LogP contribution in [0.5, 0.6) is 0 Å². The summed E-state index contributed by atoms with van der Waals surface area (Å²) in [6, 6.07) is 0.465.